The molecule has 442 valence electrons. The highest BCUT2D eigenvalue weighted by atomic mass is 16.5. The number of aromatic nitrogens is 3. The molecule has 17 heteroatoms. The molecule has 0 aliphatic heterocycles. The number of ether oxygens (including phenoxy) is 4. The van der Waals surface area contributed by atoms with E-state index >= 15 is 0 Å². The van der Waals surface area contributed by atoms with Gasteiger partial charge in [-0.05, 0) is 64.7 Å². The van der Waals surface area contributed by atoms with E-state index in [4.69, 9.17) is 33.9 Å². The highest BCUT2D eigenvalue weighted by molar-refractivity contribution is 5.71. The van der Waals surface area contributed by atoms with Crippen LogP contribution >= 0.6 is 0 Å². The Morgan fingerprint density at radius 2 is 0.579 bits per heavy atom. The molecule has 1 aromatic rings. The highest BCUT2D eigenvalue weighted by Gasteiger charge is 2.16. The normalized spacial score (nSPS) is 11.4. The van der Waals surface area contributed by atoms with Crippen molar-refractivity contribution in [3.63, 3.8) is 0 Å². The lowest BCUT2D eigenvalue weighted by Crippen LogP contribution is -2.32. The van der Waals surface area contributed by atoms with Crippen molar-refractivity contribution >= 4 is 41.7 Å². The summed E-state index contributed by atoms with van der Waals surface area (Å²) >= 11 is 0. The van der Waals surface area contributed by atoms with Crippen LogP contribution in [0, 0.1) is 0 Å². The average molecular weight is 1080 g/mol. The van der Waals surface area contributed by atoms with Gasteiger partial charge in [-0.15, -0.1) is 0 Å². The van der Waals surface area contributed by atoms with Gasteiger partial charge in [0, 0.05) is 52.4 Å². The molecular formula is C59H113N9O8. The fourth-order valence-corrected chi connectivity index (χ4v) is 8.72. The van der Waals surface area contributed by atoms with Gasteiger partial charge >= 0.3 is 23.9 Å². The zero-order chi connectivity index (χ0) is 55.4. The van der Waals surface area contributed by atoms with Gasteiger partial charge in [0.15, 0.2) is 0 Å². The smallest absolute Gasteiger partial charge is 0.307 e. The number of unbranched alkanes of at least 4 members (excludes halogenated alkanes) is 20. The minimum Gasteiger partial charge on any atom is -0.466 e. The Morgan fingerprint density at radius 1 is 0.316 bits per heavy atom. The molecule has 0 spiro atoms. The number of nitrogens with one attached hydrogen (secondary N) is 3. The second-order valence-corrected chi connectivity index (χ2v) is 20.5. The fourth-order valence-electron chi connectivity index (χ4n) is 8.72. The van der Waals surface area contributed by atoms with Gasteiger partial charge in [0.05, 0.1) is 52.1 Å². The second-order valence-electron chi connectivity index (χ2n) is 20.5. The van der Waals surface area contributed by atoms with Crippen LogP contribution in [0.15, 0.2) is 0 Å². The van der Waals surface area contributed by atoms with Crippen LogP contribution in [0.2, 0.25) is 0 Å². The standard InChI is InChI=1S/C59H113N9O8/c1-7-13-17-21-25-29-49-73-53(69)35-44-67(45-36-54(70)74-50-30-26-22-18-14-8-2)42-33-39-60-57-63-58(65-59(64-57)62-41-48-66(11-5)12-6)61-40-34-43-68(46-37-55(71)75-51-31-27-23-19-15-9-3)47-38-56(72)76-52-32-28-24-20-16-10-4/h7-52H2,1-6H3,(H3,60,61,62,63,64,65). The molecule has 3 N–H and O–H groups in total. The van der Waals surface area contributed by atoms with Gasteiger partial charge in [-0.3, -0.25) is 19.2 Å². The number of rotatable bonds is 56. The number of carbonyl (C=O) groups is 4. The van der Waals surface area contributed by atoms with Crippen molar-refractivity contribution in [1.29, 1.82) is 0 Å². The predicted molar refractivity (Wildman–Crippen MR) is 311 cm³/mol. The van der Waals surface area contributed by atoms with Gasteiger partial charge in [-0.1, -0.05) is 170 Å². The van der Waals surface area contributed by atoms with Crippen LogP contribution < -0.4 is 16.0 Å². The van der Waals surface area contributed by atoms with Crippen molar-refractivity contribution in [2.45, 2.75) is 234 Å². The van der Waals surface area contributed by atoms with Crippen LogP contribution in [-0.4, -0.2) is 158 Å². The first-order valence-electron chi connectivity index (χ1n) is 30.9. The molecular weight excluding hydrogens is 963 g/mol. The molecule has 0 aromatic carbocycles. The van der Waals surface area contributed by atoms with Crippen LogP contribution in [0.5, 0.6) is 0 Å². The van der Waals surface area contributed by atoms with E-state index in [0.29, 0.717) is 116 Å². The van der Waals surface area contributed by atoms with Crippen LogP contribution in [0.3, 0.4) is 0 Å². The minimum atomic E-state index is -0.209. The molecule has 0 aliphatic rings. The summed E-state index contributed by atoms with van der Waals surface area (Å²) < 4.78 is 22.3. The van der Waals surface area contributed by atoms with Crippen molar-refractivity contribution < 1.29 is 38.1 Å². The number of carbonyl (C=O) groups excluding carboxylic acids is 4. The maximum Gasteiger partial charge on any atom is 0.307 e. The van der Waals surface area contributed by atoms with Gasteiger partial charge in [0.2, 0.25) is 17.8 Å². The van der Waals surface area contributed by atoms with Crippen LogP contribution in [0.1, 0.15) is 234 Å². The molecule has 0 saturated heterocycles. The first-order valence-corrected chi connectivity index (χ1v) is 30.9. The Labute approximate surface area is 463 Å². The lowest BCUT2D eigenvalue weighted by molar-refractivity contribution is -0.146. The van der Waals surface area contributed by atoms with E-state index in [2.05, 4.69) is 72.2 Å². The average Bonchev–Trinajstić information content (AvgIpc) is 3.42. The summed E-state index contributed by atoms with van der Waals surface area (Å²) in [5, 5.41) is 10.2. The monoisotopic (exact) mass is 1080 g/mol. The van der Waals surface area contributed by atoms with Gasteiger partial charge in [-0.2, -0.15) is 15.0 Å². The molecule has 0 atom stereocenters. The number of hydrogen-bond donors (Lipinski definition) is 3. The Kier molecular flexibility index (Phi) is 47.9. The van der Waals surface area contributed by atoms with Gasteiger partial charge in [-0.25, -0.2) is 0 Å². The quantitative estimate of drug-likeness (QED) is 0.0317. The number of likely N-dealkylation sites (N-methyl/N-ethyl adjacent to an activating group) is 1. The Morgan fingerprint density at radius 3 is 0.855 bits per heavy atom. The third-order valence-corrected chi connectivity index (χ3v) is 13.7. The summed E-state index contributed by atoms with van der Waals surface area (Å²) in [6, 6.07) is 0. The van der Waals surface area contributed by atoms with E-state index < -0.39 is 0 Å². The van der Waals surface area contributed by atoms with Crippen LogP contribution in [-0.2, 0) is 38.1 Å². The SMILES string of the molecule is CCCCCCCCOC(=O)CCN(CCCNc1nc(NCCCN(CCC(=O)OCCCCCCCC)CCC(=O)OCCCCCCCC)nc(NCCN(CC)CC)n1)CCC(=O)OCCCCCCCC. The van der Waals surface area contributed by atoms with Crippen LogP contribution in [0.4, 0.5) is 17.8 Å². The topological polar surface area (TPSA) is 190 Å². The fraction of sp³-hybridized carbons (Fsp3) is 0.881. The summed E-state index contributed by atoms with van der Waals surface area (Å²) in [7, 11) is 0. The van der Waals surface area contributed by atoms with Crippen molar-refractivity contribution in [2.75, 3.05) is 121 Å². The van der Waals surface area contributed by atoms with Crippen molar-refractivity contribution in [1.82, 2.24) is 29.7 Å². The van der Waals surface area contributed by atoms with E-state index in [1.54, 1.807) is 0 Å². The van der Waals surface area contributed by atoms with E-state index in [1.165, 1.54) is 103 Å². The summed E-state index contributed by atoms with van der Waals surface area (Å²) in [4.78, 5) is 71.8. The summed E-state index contributed by atoms with van der Waals surface area (Å²) in [6.45, 7) is 22.7. The molecule has 0 fully saturated rings. The first kappa shape index (κ1) is 70.2. The second kappa shape index (κ2) is 51.9. The number of anilines is 3. The van der Waals surface area contributed by atoms with Crippen molar-refractivity contribution in [2.24, 2.45) is 0 Å². The van der Waals surface area contributed by atoms with Gasteiger partial charge in [0.1, 0.15) is 0 Å². The maximum absolute atomic E-state index is 12.8. The maximum atomic E-state index is 12.8. The third-order valence-electron chi connectivity index (χ3n) is 13.7. The lowest BCUT2D eigenvalue weighted by atomic mass is 10.1. The third kappa shape index (κ3) is 43.2. The molecule has 0 bridgehead atoms. The predicted octanol–water partition coefficient (Wildman–Crippen LogP) is 12.0. The van der Waals surface area contributed by atoms with Crippen LogP contribution in [0.25, 0.3) is 0 Å². The minimum absolute atomic E-state index is 0.209. The van der Waals surface area contributed by atoms with Gasteiger partial charge < -0.3 is 49.6 Å². The van der Waals surface area contributed by atoms with Crippen molar-refractivity contribution in [3.8, 4) is 0 Å². The van der Waals surface area contributed by atoms with Crippen molar-refractivity contribution in [3.05, 3.63) is 0 Å². The molecule has 1 heterocycles. The lowest BCUT2D eigenvalue weighted by Gasteiger charge is -2.22. The number of esters is 4. The number of hydrogen-bond acceptors (Lipinski definition) is 17. The Balaban J connectivity index is 2.96. The zero-order valence-electron chi connectivity index (χ0n) is 49.5. The molecule has 0 aliphatic carbocycles. The molecule has 0 unspecified atom stereocenters. The number of nitrogens with zero attached hydrogens (tertiary/aromatic N) is 6. The largest absolute Gasteiger partial charge is 0.466 e. The van der Waals surface area contributed by atoms with E-state index in [0.717, 1.165) is 71.0 Å². The molecule has 0 radical (unpaired) electrons. The zero-order valence-corrected chi connectivity index (χ0v) is 49.5. The summed E-state index contributed by atoms with van der Waals surface area (Å²) in [6.07, 6.45) is 29.6. The Bertz CT molecular complexity index is 1380. The molecule has 0 saturated carbocycles. The van der Waals surface area contributed by atoms with E-state index in [9.17, 15) is 19.2 Å². The summed E-state index contributed by atoms with van der Waals surface area (Å²) in [5.41, 5.74) is 0. The van der Waals surface area contributed by atoms with Gasteiger partial charge in [0.25, 0.3) is 0 Å². The van der Waals surface area contributed by atoms with E-state index in [-0.39, 0.29) is 49.6 Å². The molecule has 1 aromatic heterocycles. The molecule has 17 nitrogen and oxygen atoms in total. The van der Waals surface area contributed by atoms with E-state index in [1.807, 2.05) is 0 Å². The molecule has 76 heavy (non-hydrogen) atoms. The highest BCUT2D eigenvalue weighted by Crippen LogP contribution is 2.13. The molecule has 1 rings (SSSR count). The Hall–Kier alpha value is -3.83. The summed E-state index contributed by atoms with van der Waals surface area (Å²) in [5.74, 6) is 0.502. The first-order chi connectivity index (χ1) is 37.2. The molecule has 0 amide bonds.